The molecule has 0 atom stereocenters. The van der Waals surface area contributed by atoms with Crippen LogP contribution in [0.15, 0.2) is 22.8 Å². The Morgan fingerprint density at radius 1 is 1.39 bits per heavy atom. The van der Waals surface area contributed by atoms with E-state index in [1.165, 1.54) is 13.4 Å². The molecule has 0 aliphatic carbocycles. The molecule has 0 bridgehead atoms. The van der Waals surface area contributed by atoms with Gasteiger partial charge in [0.2, 0.25) is 0 Å². The molecule has 0 fully saturated rings. The first-order valence-corrected chi connectivity index (χ1v) is 8.70. The van der Waals surface area contributed by atoms with Crippen molar-refractivity contribution in [3.05, 3.63) is 29.7 Å². The maximum atomic E-state index is 12.3. The highest BCUT2D eigenvalue weighted by Gasteiger charge is 2.28. The molecule has 2 aromatic heterocycles. The quantitative estimate of drug-likeness (QED) is 0.574. The van der Waals surface area contributed by atoms with Gasteiger partial charge in [0, 0.05) is 13.1 Å². The van der Waals surface area contributed by atoms with Crippen molar-refractivity contribution >= 4 is 17.7 Å². The number of furan rings is 1. The minimum atomic E-state index is -0.660. The van der Waals surface area contributed by atoms with Gasteiger partial charge in [0.1, 0.15) is 22.9 Å². The van der Waals surface area contributed by atoms with Crippen molar-refractivity contribution in [2.24, 2.45) is 0 Å². The zero-order valence-corrected chi connectivity index (χ0v) is 16.4. The Bertz CT molecular complexity index is 885. The average Bonchev–Trinajstić information content (AvgIpc) is 3.22. The molecule has 0 saturated heterocycles. The first-order valence-electron chi connectivity index (χ1n) is 8.70. The number of alkyl carbamates (subject to hydrolysis) is 1. The number of nitrogens with one attached hydrogen (secondary N) is 1. The molecule has 0 radical (unpaired) electrons. The lowest BCUT2D eigenvalue weighted by molar-refractivity contribution is 0.0523. The van der Waals surface area contributed by atoms with Crippen LogP contribution in [0.1, 0.15) is 43.2 Å². The van der Waals surface area contributed by atoms with E-state index >= 15 is 0 Å². The Kier molecular flexibility index (Phi) is 6.36. The van der Waals surface area contributed by atoms with Gasteiger partial charge in [-0.2, -0.15) is 5.26 Å². The van der Waals surface area contributed by atoms with Crippen LogP contribution in [0.4, 0.5) is 10.5 Å². The number of hydrogen-bond donors (Lipinski definition) is 2. The van der Waals surface area contributed by atoms with Gasteiger partial charge in [-0.1, -0.05) is 0 Å². The molecule has 0 unspecified atom stereocenters. The molecule has 150 valence electrons. The van der Waals surface area contributed by atoms with Gasteiger partial charge < -0.3 is 29.5 Å². The molecule has 0 spiro atoms. The molecule has 0 aliphatic heterocycles. The van der Waals surface area contributed by atoms with Crippen LogP contribution in [0.5, 0.6) is 0 Å². The molecular weight excluding hydrogens is 364 g/mol. The Hall–Kier alpha value is -3.41. The Morgan fingerprint density at radius 2 is 2.11 bits per heavy atom. The lowest BCUT2D eigenvalue weighted by Gasteiger charge is -2.19. The van der Waals surface area contributed by atoms with E-state index in [0.717, 1.165) is 0 Å². The van der Waals surface area contributed by atoms with Crippen molar-refractivity contribution in [3.8, 4) is 17.5 Å². The molecule has 2 heterocycles. The second-order valence-corrected chi connectivity index (χ2v) is 7.00. The van der Waals surface area contributed by atoms with E-state index in [-0.39, 0.29) is 16.9 Å². The number of esters is 1. The summed E-state index contributed by atoms with van der Waals surface area (Å²) in [6.45, 7) is 5.92. The summed E-state index contributed by atoms with van der Waals surface area (Å²) < 4.78 is 17.0. The molecular formula is C19H24N4O5. The second-order valence-electron chi connectivity index (χ2n) is 7.00. The number of carbonyl (C=O) groups excluding carboxylic acids is 2. The number of aromatic nitrogens is 1. The van der Waals surface area contributed by atoms with Gasteiger partial charge >= 0.3 is 12.1 Å². The molecule has 28 heavy (non-hydrogen) atoms. The fourth-order valence-electron chi connectivity index (χ4n) is 2.70. The Balaban J connectivity index is 2.26. The summed E-state index contributed by atoms with van der Waals surface area (Å²) in [5, 5.41) is 12.2. The minimum absolute atomic E-state index is 0.0286. The molecule has 9 nitrogen and oxygen atoms in total. The predicted molar refractivity (Wildman–Crippen MR) is 101 cm³/mol. The summed E-state index contributed by atoms with van der Waals surface area (Å²) >= 11 is 0. The van der Waals surface area contributed by atoms with Gasteiger partial charge in [0.05, 0.1) is 19.1 Å². The van der Waals surface area contributed by atoms with E-state index in [1.54, 1.807) is 37.5 Å². The second kappa shape index (κ2) is 8.52. The summed E-state index contributed by atoms with van der Waals surface area (Å²) in [6, 6.07) is 5.37. The van der Waals surface area contributed by atoms with Gasteiger partial charge in [0.15, 0.2) is 11.5 Å². The number of rotatable bonds is 6. The monoisotopic (exact) mass is 388 g/mol. The third-order valence-electron chi connectivity index (χ3n) is 3.77. The van der Waals surface area contributed by atoms with Crippen LogP contribution in [0, 0.1) is 11.3 Å². The van der Waals surface area contributed by atoms with Gasteiger partial charge in [-0.15, -0.1) is 0 Å². The fourth-order valence-corrected chi connectivity index (χ4v) is 2.70. The summed E-state index contributed by atoms with van der Waals surface area (Å²) in [5.74, 6) is -0.259. The molecule has 2 aromatic rings. The van der Waals surface area contributed by atoms with Crippen LogP contribution in [0.3, 0.4) is 0 Å². The number of nitrogens with two attached hydrogens (primary N) is 1. The van der Waals surface area contributed by atoms with E-state index in [0.29, 0.717) is 31.0 Å². The number of nitrogens with zero attached hydrogens (tertiary/aromatic N) is 2. The summed E-state index contributed by atoms with van der Waals surface area (Å²) in [7, 11) is 1.24. The van der Waals surface area contributed by atoms with Crippen LogP contribution in [-0.2, 0) is 16.0 Å². The summed E-state index contributed by atoms with van der Waals surface area (Å²) in [5.41, 5.74) is 6.08. The summed E-state index contributed by atoms with van der Waals surface area (Å²) in [6.07, 6.45) is 1.39. The third kappa shape index (κ3) is 4.65. The molecule has 3 N–H and O–H groups in total. The molecule has 1 amide bonds. The van der Waals surface area contributed by atoms with Crippen molar-refractivity contribution in [1.82, 2.24) is 9.88 Å². The summed E-state index contributed by atoms with van der Waals surface area (Å²) in [4.78, 5) is 24.0. The Labute approximate surface area is 163 Å². The average molecular weight is 388 g/mol. The molecule has 2 rings (SSSR count). The predicted octanol–water partition coefficient (Wildman–Crippen LogP) is 2.90. The van der Waals surface area contributed by atoms with E-state index < -0.39 is 17.7 Å². The van der Waals surface area contributed by atoms with Gasteiger partial charge in [0.25, 0.3) is 0 Å². The fraction of sp³-hybridized carbons (Fsp3) is 0.421. The van der Waals surface area contributed by atoms with Gasteiger partial charge in [-0.05, 0) is 39.3 Å². The number of anilines is 1. The number of ether oxygens (including phenoxy) is 2. The van der Waals surface area contributed by atoms with Crippen molar-refractivity contribution in [2.75, 3.05) is 19.4 Å². The molecule has 0 aliphatic rings. The standard InChI is InChI=1S/C19H24N4O5/c1-19(2,3)28-18(25)22-8-6-9-23-15(13-7-5-10-27-13)12(11-20)14(21)16(23)17(24)26-4/h5,7,10H,6,8-9,21H2,1-4H3,(H,22,25). The first kappa shape index (κ1) is 20.9. The molecule has 0 saturated carbocycles. The highest BCUT2D eigenvalue weighted by atomic mass is 16.6. The topological polar surface area (TPSA) is 133 Å². The molecule has 0 aromatic carbocycles. The van der Waals surface area contributed by atoms with E-state index in [9.17, 15) is 14.9 Å². The van der Waals surface area contributed by atoms with Crippen molar-refractivity contribution < 1.29 is 23.5 Å². The smallest absolute Gasteiger partial charge is 0.407 e. The van der Waals surface area contributed by atoms with E-state index in [1.807, 2.05) is 6.07 Å². The molecule has 9 heteroatoms. The van der Waals surface area contributed by atoms with Crippen molar-refractivity contribution in [2.45, 2.75) is 39.3 Å². The number of hydrogen-bond acceptors (Lipinski definition) is 7. The highest BCUT2D eigenvalue weighted by Crippen LogP contribution is 2.34. The maximum Gasteiger partial charge on any atom is 0.407 e. The van der Waals surface area contributed by atoms with Crippen molar-refractivity contribution in [3.63, 3.8) is 0 Å². The minimum Gasteiger partial charge on any atom is -0.464 e. The lowest BCUT2D eigenvalue weighted by atomic mass is 10.2. The SMILES string of the molecule is COC(=O)c1c(N)c(C#N)c(-c2ccco2)n1CCCNC(=O)OC(C)(C)C. The number of carbonyl (C=O) groups is 2. The van der Waals surface area contributed by atoms with Crippen molar-refractivity contribution in [1.29, 1.82) is 5.26 Å². The first-order chi connectivity index (χ1) is 13.2. The number of nitrogen functional groups attached to an aromatic ring is 1. The van der Waals surface area contributed by atoms with Crippen LogP contribution < -0.4 is 11.1 Å². The zero-order valence-electron chi connectivity index (χ0n) is 16.4. The van der Waals surface area contributed by atoms with Gasteiger partial charge in [-0.3, -0.25) is 0 Å². The number of nitriles is 1. The Morgan fingerprint density at radius 3 is 2.64 bits per heavy atom. The normalized spacial score (nSPS) is 11.0. The number of methoxy groups -OCH3 is 1. The van der Waals surface area contributed by atoms with Crippen LogP contribution in [0.2, 0.25) is 0 Å². The lowest BCUT2D eigenvalue weighted by Crippen LogP contribution is -2.33. The van der Waals surface area contributed by atoms with Crippen LogP contribution >= 0.6 is 0 Å². The zero-order chi connectivity index (χ0) is 20.9. The van der Waals surface area contributed by atoms with Gasteiger partial charge in [-0.25, -0.2) is 9.59 Å². The van der Waals surface area contributed by atoms with E-state index in [2.05, 4.69) is 5.32 Å². The highest BCUT2D eigenvalue weighted by molar-refractivity contribution is 5.98. The van der Waals surface area contributed by atoms with Crippen LogP contribution in [0.25, 0.3) is 11.5 Å². The maximum absolute atomic E-state index is 12.3. The van der Waals surface area contributed by atoms with E-state index in [4.69, 9.17) is 19.6 Å². The third-order valence-corrected chi connectivity index (χ3v) is 3.77. The number of amides is 1. The largest absolute Gasteiger partial charge is 0.464 e. The van der Waals surface area contributed by atoms with Crippen LogP contribution in [-0.4, -0.2) is 35.9 Å².